The highest BCUT2D eigenvalue weighted by molar-refractivity contribution is 5.21. The number of aliphatic hydroxyl groups is 1. The first kappa shape index (κ1) is 18.3. The Kier molecular flexibility index (Phi) is 4.67. The van der Waals surface area contributed by atoms with Crippen molar-refractivity contribution in [3.8, 4) is 5.88 Å². The van der Waals surface area contributed by atoms with E-state index in [1.165, 1.54) is 19.9 Å². The topological polar surface area (TPSA) is 73.7 Å². The summed E-state index contributed by atoms with van der Waals surface area (Å²) in [5.41, 5.74) is -1.68. The van der Waals surface area contributed by atoms with Gasteiger partial charge < -0.3 is 19.3 Å². The van der Waals surface area contributed by atoms with Crippen molar-refractivity contribution in [1.29, 1.82) is 0 Å². The number of ether oxygens (including phenoxy) is 3. The minimum Gasteiger partial charge on any atom is -0.474 e. The summed E-state index contributed by atoms with van der Waals surface area (Å²) in [7, 11) is 0. The molecule has 9 heteroatoms. The molecule has 1 aliphatic heterocycles. The number of alkyl halides is 3. The molecule has 2 heterocycles. The van der Waals surface area contributed by atoms with Crippen LogP contribution in [-0.4, -0.2) is 40.2 Å². The van der Waals surface area contributed by atoms with Gasteiger partial charge in [0.1, 0.15) is 11.7 Å². The molecule has 2 fully saturated rings. The van der Waals surface area contributed by atoms with E-state index >= 15 is 0 Å². The zero-order valence-electron chi connectivity index (χ0n) is 14.1. The van der Waals surface area contributed by atoms with E-state index in [1.807, 2.05) is 0 Å². The molecule has 1 spiro atoms. The van der Waals surface area contributed by atoms with E-state index in [4.69, 9.17) is 14.2 Å². The first-order valence-corrected chi connectivity index (χ1v) is 8.21. The molecular weight excluding hydrogens is 341 g/mol. The second-order valence-corrected chi connectivity index (χ2v) is 6.90. The first-order chi connectivity index (χ1) is 11.6. The van der Waals surface area contributed by atoms with Crippen molar-refractivity contribution in [2.45, 2.75) is 63.2 Å². The van der Waals surface area contributed by atoms with Crippen LogP contribution in [0.25, 0.3) is 0 Å². The monoisotopic (exact) mass is 362 g/mol. The second-order valence-electron chi connectivity index (χ2n) is 6.90. The van der Waals surface area contributed by atoms with E-state index in [1.54, 1.807) is 0 Å². The van der Waals surface area contributed by atoms with Gasteiger partial charge in [-0.3, -0.25) is 0 Å². The van der Waals surface area contributed by atoms with Gasteiger partial charge in [-0.05, 0) is 26.7 Å². The Morgan fingerprint density at radius 3 is 2.28 bits per heavy atom. The van der Waals surface area contributed by atoms with Crippen LogP contribution < -0.4 is 4.74 Å². The Morgan fingerprint density at radius 2 is 1.76 bits per heavy atom. The minimum atomic E-state index is -4.72. The second kappa shape index (κ2) is 6.37. The molecule has 0 amide bonds. The molecule has 0 aromatic carbocycles. The number of hydrogen-bond acceptors (Lipinski definition) is 6. The number of nitrogens with zero attached hydrogens (tertiary/aromatic N) is 2. The van der Waals surface area contributed by atoms with Crippen LogP contribution in [0.2, 0.25) is 0 Å². The summed E-state index contributed by atoms with van der Waals surface area (Å²) in [4.78, 5) is 6.89. The van der Waals surface area contributed by atoms with Crippen LogP contribution in [0.4, 0.5) is 13.2 Å². The zero-order valence-corrected chi connectivity index (χ0v) is 14.1. The summed E-state index contributed by atoms with van der Waals surface area (Å²) in [5.74, 6) is -2.08. The zero-order chi connectivity index (χ0) is 18.3. The van der Waals surface area contributed by atoms with E-state index < -0.39 is 23.4 Å². The SMILES string of the molecule is CC(C)(O)c1cc(OC2CCC3(CC2)OCCO3)nc(C(F)(F)F)n1. The third kappa shape index (κ3) is 4.21. The fraction of sp³-hybridized carbons (Fsp3) is 0.750. The average molecular weight is 362 g/mol. The van der Waals surface area contributed by atoms with Gasteiger partial charge >= 0.3 is 6.18 Å². The Bertz CT molecular complexity index is 583. The molecule has 25 heavy (non-hydrogen) atoms. The molecule has 0 unspecified atom stereocenters. The molecule has 1 aliphatic carbocycles. The van der Waals surface area contributed by atoms with Crippen molar-refractivity contribution >= 4 is 0 Å². The Morgan fingerprint density at radius 1 is 1.16 bits per heavy atom. The summed E-state index contributed by atoms with van der Waals surface area (Å²) >= 11 is 0. The van der Waals surface area contributed by atoms with Crippen LogP contribution in [0.15, 0.2) is 6.07 Å². The summed E-state index contributed by atoms with van der Waals surface area (Å²) in [6, 6.07) is 1.25. The molecule has 1 saturated carbocycles. The number of rotatable bonds is 3. The van der Waals surface area contributed by atoms with Crippen molar-refractivity contribution in [3.05, 3.63) is 17.6 Å². The fourth-order valence-electron chi connectivity index (χ4n) is 3.03. The molecular formula is C16H21F3N2O4. The van der Waals surface area contributed by atoms with Crippen LogP contribution in [0.5, 0.6) is 5.88 Å². The third-order valence-corrected chi connectivity index (χ3v) is 4.38. The van der Waals surface area contributed by atoms with Gasteiger partial charge in [-0.1, -0.05) is 0 Å². The van der Waals surface area contributed by atoms with Crippen molar-refractivity contribution in [3.63, 3.8) is 0 Å². The minimum absolute atomic E-state index is 0.139. The largest absolute Gasteiger partial charge is 0.474 e. The standard InChI is InChI=1S/C16H21F3N2O4/c1-14(2,22)11-9-12(21-13(20-11)16(17,18)19)25-10-3-5-15(6-4-10)23-7-8-24-15/h9-10,22H,3-8H2,1-2H3. The molecule has 0 radical (unpaired) electrons. The lowest BCUT2D eigenvalue weighted by Gasteiger charge is -2.35. The number of hydrogen-bond donors (Lipinski definition) is 1. The lowest BCUT2D eigenvalue weighted by molar-refractivity contribution is -0.186. The predicted molar refractivity (Wildman–Crippen MR) is 79.8 cm³/mol. The summed E-state index contributed by atoms with van der Waals surface area (Å²) in [5, 5.41) is 10.0. The van der Waals surface area contributed by atoms with Gasteiger partial charge in [-0.25, -0.2) is 4.98 Å². The molecule has 140 valence electrons. The van der Waals surface area contributed by atoms with Gasteiger partial charge in [-0.2, -0.15) is 18.2 Å². The van der Waals surface area contributed by atoms with Crippen LogP contribution in [0.1, 0.15) is 51.0 Å². The maximum atomic E-state index is 13.0. The lowest BCUT2D eigenvalue weighted by atomic mass is 9.92. The highest BCUT2D eigenvalue weighted by Gasteiger charge is 2.41. The molecule has 3 rings (SSSR count). The quantitative estimate of drug-likeness (QED) is 0.891. The van der Waals surface area contributed by atoms with Crippen LogP contribution in [0, 0.1) is 0 Å². The Hall–Kier alpha value is -1.45. The normalized spacial score (nSPS) is 21.7. The smallest absolute Gasteiger partial charge is 0.451 e. The van der Waals surface area contributed by atoms with Crippen molar-refractivity contribution in [2.75, 3.05) is 13.2 Å². The maximum absolute atomic E-state index is 13.0. The van der Waals surface area contributed by atoms with Crippen molar-refractivity contribution in [2.24, 2.45) is 0 Å². The van der Waals surface area contributed by atoms with Crippen LogP contribution in [-0.2, 0) is 21.3 Å². The summed E-state index contributed by atoms with van der Waals surface area (Å²) in [6.45, 7) is 3.83. The molecule has 1 saturated heterocycles. The molecule has 0 atom stereocenters. The third-order valence-electron chi connectivity index (χ3n) is 4.38. The fourth-order valence-corrected chi connectivity index (χ4v) is 3.03. The van der Waals surface area contributed by atoms with Gasteiger partial charge in [0.05, 0.1) is 18.9 Å². The van der Waals surface area contributed by atoms with Gasteiger partial charge in [0.25, 0.3) is 0 Å². The van der Waals surface area contributed by atoms with E-state index in [2.05, 4.69) is 9.97 Å². The average Bonchev–Trinajstić information content (AvgIpc) is 2.96. The lowest BCUT2D eigenvalue weighted by Crippen LogP contribution is -2.38. The summed E-state index contributed by atoms with van der Waals surface area (Å²) in [6.07, 6.45) is -2.60. The highest BCUT2D eigenvalue weighted by atomic mass is 19.4. The molecule has 1 aromatic rings. The van der Waals surface area contributed by atoms with Crippen LogP contribution >= 0.6 is 0 Å². The van der Waals surface area contributed by atoms with Crippen molar-refractivity contribution in [1.82, 2.24) is 9.97 Å². The van der Waals surface area contributed by atoms with Gasteiger partial charge in [-0.15, -0.1) is 0 Å². The van der Waals surface area contributed by atoms with Gasteiger partial charge in [0.2, 0.25) is 11.7 Å². The van der Waals surface area contributed by atoms with E-state index in [9.17, 15) is 18.3 Å². The summed E-state index contributed by atoms with van der Waals surface area (Å²) < 4.78 is 56.0. The van der Waals surface area contributed by atoms with Crippen molar-refractivity contribution < 1.29 is 32.5 Å². The highest BCUT2D eigenvalue weighted by Crippen LogP contribution is 2.37. The first-order valence-electron chi connectivity index (χ1n) is 8.21. The molecule has 2 aliphatic rings. The van der Waals surface area contributed by atoms with E-state index in [0.717, 1.165) is 0 Å². The molecule has 0 bridgehead atoms. The maximum Gasteiger partial charge on any atom is 0.451 e. The van der Waals surface area contributed by atoms with Gasteiger partial charge in [0, 0.05) is 18.9 Å². The molecule has 6 nitrogen and oxygen atoms in total. The predicted octanol–water partition coefficient (Wildman–Crippen LogP) is 2.79. The van der Waals surface area contributed by atoms with Gasteiger partial charge in [0.15, 0.2) is 5.79 Å². The molecule has 1 N–H and O–H groups in total. The Labute approximate surface area is 143 Å². The van der Waals surface area contributed by atoms with E-state index in [-0.39, 0.29) is 17.7 Å². The number of halogens is 3. The van der Waals surface area contributed by atoms with E-state index in [0.29, 0.717) is 38.9 Å². The van der Waals surface area contributed by atoms with Crippen LogP contribution in [0.3, 0.4) is 0 Å². The number of aromatic nitrogens is 2. The molecule has 1 aromatic heterocycles. The Balaban J connectivity index is 1.75.